The molecule has 6 nitrogen and oxygen atoms in total. The van der Waals surface area contributed by atoms with Gasteiger partial charge in [-0.2, -0.15) is 74.7 Å². The van der Waals surface area contributed by atoms with E-state index in [0.717, 1.165) is 39.1 Å². The predicted octanol–water partition coefficient (Wildman–Crippen LogP) is 13.5. The molecule has 1 heterocycles. The zero-order chi connectivity index (χ0) is 46.4. The van der Waals surface area contributed by atoms with E-state index in [1.165, 1.54) is 0 Å². The summed E-state index contributed by atoms with van der Waals surface area (Å²) in [6.07, 6.45) is 0.852. The van der Waals surface area contributed by atoms with Crippen molar-refractivity contribution in [2.75, 3.05) is 0 Å². The Morgan fingerprint density at radius 2 is 1.10 bits per heavy atom. The normalized spacial score (nSPS) is 12.9. The second-order valence-corrected chi connectivity index (χ2v) is 13.8. The predicted molar refractivity (Wildman–Crippen MR) is 244 cm³/mol. The first-order chi connectivity index (χ1) is 29.2. The number of rotatable bonds is 10. The topological polar surface area (TPSA) is 103 Å². The van der Waals surface area contributed by atoms with Gasteiger partial charge in [0.1, 0.15) is 0 Å². The zero-order valence-electron chi connectivity index (χ0n) is 35.3. The van der Waals surface area contributed by atoms with Crippen LogP contribution in [0, 0.1) is 19.9 Å². The monoisotopic (exact) mass is 1040 g/mol. The molecule has 63 heavy (non-hydrogen) atoms. The third kappa shape index (κ3) is 14.4. The van der Waals surface area contributed by atoms with Crippen LogP contribution in [0.1, 0.15) is 38.8 Å². The number of alkyl halides is 6. The number of aromatic nitrogens is 2. The molecule has 13 heteroatoms. The summed E-state index contributed by atoms with van der Waals surface area (Å²) < 4.78 is 80.4. The second kappa shape index (κ2) is 23.5. The summed E-state index contributed by atoms with van der Waals surface area (Å²) in [5.74, 6) is 10.5. The molecule has 0 bridgehead atoms. The third-order valence-electron chi connectivity index (χ3n) is 8.84. The summed E-state index contributed by atoms with van der Waals surface area (Å²) in [6.45, 7) is 29.8. The molecule has 0 amide bonds. The van der Waals surface area contributed by atoms with Gasteiger partial charge < -0.3 is 11.7 Å². The third-order valence-corrected chi connectivity index (χ3v) is 8.84. The Labute approximate surface area is 378 Å². The Hall–Kier alpha value is -6.69. The van der Waals surface area contributed by atoms with E-state index in [1.807, 2.05) is 82.3 Å². The van der Waals surface area contributed by atoms with Gasteiger partial charge in [-0.05, 0) is 73.5 Å². The van der Waals surface area contributed by atoms with Crippen molar-refractivity contribution in [3.63, 3.8) is 0 Å². The summed E-state index contributed by atoms with van der Waals surface area (Å²) in [5, 5.41) is 18.4. The molecule has 5 aromatic rings. The number of fused-ring (bicyclic) bond motifs is 2. The number of hydrogen-bond donors (Lipinski definition) is 2. The first-order valence-corrected chi connectivity index (χ1v) is 18.7. The molecular formula is C50H47F6IrN6. The fourth-order valence-corrected chi connectivity index (χ4v) is 6.20. The first kappa shape index (κ1) is 52.4. The maximum atomic E-state index is 13.5. The Kier molecular flexibility index (Phi) is 19.6. The van der Waals surface area contributed by atoms with Crippen LogP contribution in [-0.4, -0.2) is 21.6 Å². The van der Waals surface area contributed by atoms with Crippen LogP contribution in [0.3, 0.4) is 0 Å². The van der Waals surface area contributed by atoms with Crippen LogP contribution in [0.25, 0.3) is 44.1 Å². The smallest absolute Gasteiger partial charge is 0.335 e. The van der Waals surface area contributed by atoms with Crippen molar-refractivity contribution in [3.8, 4) is 22.5 Å². The Balaban J connectivity index is 0.000000393. The van der Waals surface area contributed by atoms with Gasteiger partial charge in [0.25, 0.3) is 0 Å². The number of allylic oxidation sites excluding steroid dienone is 12. The molecule has 0 atom stereocenters. The number of hydrazone groups is 2. The summed E-state index contributed by atoms with van der Waals surface area (Å²) in [6, 6.07) is 23.0. The average Bonchev–Trinajstić information content (AvgIpc) is 3.20. The van der Waals surface area contributed by atoms with Crippen molar-refractivity contribution in [2.24, 2.45) is 21.9 Å². The van der Waals surface area contributed by atoms with Crippen LogP contribution in [0.5, 0.6) is 0 Å². The molecule has 5 rings (SSSR count). The van der Waals surface area contributed by atoms with Gasteiger partial charge >= 0.3 is 32.5 Å². The molecule has 328 valence electrons. The van der Waals surface area contributed by atoms with Crippen LogP contribution in [0.4, 0.5) is 26.3 Å². The first-order valence-electron chi connectivity index (χ1n) is 18.7. The van der Waals surface area contributed by atoms with Crippen LogP contribution in [-0.2, 0) is 32.5 Å². The molecule has 4 aromatic carbocycles. The van der Waals surface area contributed by atoms with E-state index < -0.39 is 23.5 Å². The Morgan fingerprint density at radius 1 is 0.651 bits per heavy atom. The summed E-state index contributed by atoms with van der Waals surface area (Å²) >= 11 is 0. The molecular weight excluding hydrogens is 991 g/mol. The quantitative estimate of drug-likeness (QED) is 0.0277. The average molecular weight is 1040 g/mol. The molecule has 4 N–H and O–H groups in total. The van der Waals surface area contributed by atoms with Crippen LogP contribution in [0.15, 0.2) is 185 Å². The minimum Gasteiger partial charge on any atom is -0.335 e. The number of benzene rings is 4. The Morgan fingerprint density at radius 3 is 1.49 bits per heavy atom. The van der Waals surface area contributed by atoms with Crippen molar-refractivity contribution >= 4 is 33.0 Å². The van der Waals surface area contributed by atoms with Gasteiger partial charge in [-0.1, -0.05) is 108 Å². The van der Waals surface area contributed by atoms with E-state index in [1.54, 1.807) is 42.5 Å². The second-order valence-electron chi connectivity index (χ2n) is 13.8. The molecule has 0 spiro atoms. The molecule has 0 aliphatic carbocycles. The van der Waals surface area contributed by atoms with Gasteiger partial charge in [0.05, 0.1) is 16.8 Å². The fourth-order valence-electron chi connectivity index (χ4n) is 6.20. The molecule has 0 radical (unpaired) electrons. The summed E-state index contributed by atoms with van der Waals surface area (Å²) in [4.78, 5) is 0. The van der Waals surface area contributed by atoms with E-state index >= 15 is 0 Å². The van der Waals surface area contributed by atoms with E-state index in [9.17, 15) is 26.3 Å². The minimum atomic E-state index is -5.20. The van der Waals surface area contributed by atoms with Crippen molar-refractivity contribution in [1.82, 2.24) is 10.2 Å². The molecule has 0 unspecified atom stereocenters. The van der Waals surface area contributed by atoms with Gasteiger partial charge in [-0.3, -0.25) is 0 Å². The van der Waals surface area contributed by atoms with E-state index in [4.69, 9.17) is 11.7 Å². The number of nitrogens with zero attached hydrogens (tertiary/aromatic N) is 4. The van der Waals surface area contributed by atoms with Crippen LogP contribution in [0.2, 0.25) is 0 Å². The van der Waals surface area contributed by atoms with Crippen LogP contribution >= 0.6 is 0 Å². The van der Waals surface area contributed by atoms with Crippen molar-refractivity contribution < 1.29 is 46.4 Å². The Bertz CT molecular complexity index is 2580. The summed E-state index contributed by atoms with van der Waals surface area (Å²) in [5.41, 5.74) is 4.10. The van der Waals surface area contributed by atoms with Gasteiger partial charge in [-0.15, -0.1) is 35.9 Å². The number of halogens is 6. The van der Waals surface area contributed by atoms with E-state index in [0.29, 0.717) is 56.7 Å². The van der Waals surface area contributed by atoms with Gasteiger partial charge in [0, 0.05) is 16.6 Å². The largest absolute Gasteiger partial charge is 3.00 e. The fraction of sp³-hybridized carbons (Fsp3) is 0.120. The zero-order valence-corrected chi connectivity index (χ0v) is 37.7. The van der Waals surface area contributed by atoms with Gasteiger partial charge in [0.2, 0.25) is 0 Å². The number of nitrogens with two attached hydrogens (primary N) is 2. The minimum absolute atomic E-state index is 0. The number of hydrogen-bond acceptors (Lipinski definition) is 6. The molecule has 0 aliphatic rings. The maximum absolute atomic E-state index is 13.5. The molecule has 0 saturated heterocycles. The van der Waals surface area contributed by atoms with Crippen molar-refractivity contribution in [2.45, 2.75) is 40.0 Å². The molecule has 0 fully saturated rings. The van der Waals surface area contributed by atoms with Gasteiger partial charge in [0.15, 0.2) is 0 Å². The van der Waals surface area contributed by atoms with Gasteiger partial charge in [-0.25, -0.2) is 10.2 Å². The molecule has 1 aromatic heterocycles. The van der Waals surface area contributed by atoms with Crippen molar-refractivity contribution in [1.29, 1.82) is 0 Å². The van der Waals surface area contributed by atoms with Crippen molar-refractivity contribution in [3.05, 3.63) is 206 Å². The molecule has 0 aliphatic heterocycles. The maximum Gasteiger partial charge on any atom is 3.00 e. The van der Waals surface area contributed by atoms with E-state index in [-0.39, 0.29) is 31.4 Å². The summed E-state index contributed by atoms with van der Waals surface area (Å²) in [7, 11) is 0. The van der Waals surface area contributed by atoms with E-state index in [2.05, 4.69) is 66.6 Å². The standard InChI is InChI=1S/C26H13F6N2.2C12H17N2.Ir/c27-25(28,29)21-11-10-18(14-22(21)26(30,31)32)24-20-13-17-9-5-4-8-16(17)12-19(20)23(33-34-24)15-6-2-1-3-7-15;2*1-6-7-10(4)8-11(5)12(14-13)9(2)3;/h1-6,8-14H;2*6-8H,1-3,13H2,4-5H3;/q3*-1;+3/b;2*10-7+,11-8+,14-12-;. The molecule has 0 saturated carbocycles. The SMILES string of the molecule is C=C/C=C(C)/C=C(C)/C(=N\N)C(=C)[CH2-].C=C/C=C(C)/C=C(C)/C(=N\N)C(=C)[CH2-].FC(F)(F)c1ccc(-c2nnc(-c3[c-]cccc3)c3cc4ccccc4cc23)cc1C(F)(F)F.[Ir+3]. The van der Waals surface area contributed by atoms with Crippen LogP contribution < -0.4 is 11.7 Å².